The van der Waals surface area contributed by atoms with Crippen molar-refractivity contribution in [2.45, 2.75) is 33.8 Å². The number of amides is 2. The van der Waals surface area contributed by atoms with Gasteiger partial charge in [-0.1, -0.05) is 48.0 Å². The van der Waals surface area contributed by atoms with Crippen LogP contribution in [-0.2, 0) is 9.59 Å². The smallest absolute Gasteiger partial charge is 0.282 e. The van der Waals surface area contributed by atoms with Crippen molar-refractivity contribution in [3.8, 4) is 11.5 Å². The number of benzene rings is 3. The summed E-state index contributed by atoms with van der Waals surface area (Å²) in [4.78, 5) is 28.6. The molecule has 2 amide bonds. The molecule has 0 radical (unpaired) electrons. The largest absolute Gasteiger partial charge is 0.494 e. The number of rotatable bonds is 8. The lowest BCUT2D eigenvalue weighted by Crippen LogP contribution is -2.33. The van der Waals surface area contributed by atoms with Crippen LogP contribution in [0.5, 0.6) is 11.5 Å². The lowest BCUT2D eigenvalue weighted by atomic mass is 10.0. The van der Waals surface area contributed by atoms with Crippen LogP contribution in [0, 0.1) is 6.92 Å². The molecule has 3 aromatic rings. The fourth-order valence-electron chi connectivity index (χ4n) is 3.82. The number of imide groups is 1. The molecule has 0 saturated carbocycles. The first-order valence-corrected chi connectivity index (χ1v) is 11.3. The van der Waals surface area contributed by atoms with Gasteiger partial charge in [0.1, 0.15) is 17.2 Å². The van der Waals surface area contributed by atoms with Crippen molar-refractivity contribution in [3.63, 3.8) is 0 Å². The molecule has 1 aliphatic rings. The van der Waals surface area contributed by atoms with Gasteiger partial charge in [0, 0.05) is 11.8 Å². The number of hydrogen-bond acceptors (Lipinski definition) is 5. The molecule has 0 atom stereocenters. The third-order valence-electron chi connectivity index (χ3n) is 5.31. The van der Waals surface area contributed by atoms with Gasteiger partial charge in [0.15, 0.2) is 0 Å². The first kappa shape index (κ1) is 23.1. The van der Waals surface area contributed by atoms with E-state index in [0.717, 1.165) is 5.56 Å². The standard InChI is InChI=1S/C28H28N2O4/c1-5-33-22-10-8-9-21(17-22)29-26-25(20-15-13-19(4)14-16-20)27(31)30(28(26)32)23-11-6-7-12-24(23)34-18(2)3/h6-18,29H,5H2,1-4H3. The minimum absolute atomic E-state index is 0.114. The summed E-state index contributed by atoms with van der Waals surface area (Å²) in [5.41, 5.74) is 3.31. The van der Waals surface area contributed by atoms with Gasteiger partial charge in [-0.05, 0) is 57.5 Å². The summed E-state index contributed by atoms with van der Waals surface area (Å²) in [5, 5.41) is 3.19. The van der Waals surface area contributed by atoms with Crippen molar-refractivity contribution >= 4 is 28.8 Å². The van der Waals surface area contributed by atoms with E-state index in [9.17, 15) is 9.59 Å². The molecule has 1 heterocycles. The summed E-state index contributed by atoms with van der Waals surface area (Å²) in [7, 11) is 0. The highest BCUT2D eigenvalue weighted by Crippen LogP contribution is 2.38. The first-order valence-electron chi connectivity index (χ1n) is 11.3. The van der Waals surface area contributed by atoms with Crippen LogP contribution >= 0.6 is 0 Å². The number of carbonyl (C=O) groups is 2. The molecule has 0 unspecified atom stereocenters. The third-order valence-corrected chi connectivity index (χ3v) is 5.31. The van der Waals surface area contributed by atoms with Gasteiger partial charge in [0.05, 0.1) is 24.0 Å². The predicted octanol–water partition coefficient (Wildman–Crippen LogP) is 5.58. The van der Waals surface area contributed by atoms with E-state index in [1.54, 1.807) is 24.3 Å². The Morgan fingerprint density at radius 2 is 1.65 bits per heavy atom. The van der Waals surface area contributed by atoms with E-state index in [-0.39, 0.29) is 11.8 Å². The van der Waals surface area contributed by atoms with Gasteiger partial charge in [-0.2, -0.15) is 0 Å². The van der Waals surface area contributed by atoms with E-state index < -0.39 is 11.8 Å². The van der Waals surface area contributed by atoms with Gasteiger partial charge in [0.2, 0.25) is 0 Å². The lowest BCUT2D eigenvalue weighted by molar-refractivity contribution is -0.120. The number of ether oxygens (including phenoxy) is 2. The molecule has 174 valence electrons. The van der Waals surface area contributed by atoms with Gasteiger partial charge >= 0.3 is 0 Å². The Bertz CT molecular complexity index is 1250. The van der Waals surface area contributed by atoms with Gasteiger partial charge in [0.25, 0.3) is 11.8 Å². The summed E-state index contributed by atoms with van der Waals surface area (Å²) in [6.45, 7) is 8.21. The van der Waals surface area contributed by atoms with Crippen LogP contribution in [0.1, 0.15) is 31.9 Å². The Kier molecular flexibility index (Phi) is 6.68. The number of anilines is 2. The Labute approximate surface area is 199 Å². The van der Waals surface area contributed by atoms with Crippen LogP contribution in [-0.4, -0.2) is 24.5 Å². The Morgan fingerprint density at radius 1 is 0.912 bits per heavy atom. The zero-order valence-electron chi connectivity index (χ0n) is 19.8. The minimum atomic E-state index is -0.442. The summed E-state index contributed by atoms with van der Waals surface area (Å²) >= 11 is 0. The SMILES string of the molecule is CCOc1cccc(NC2=C(c3ccc(C)cc3)C(=O)N(c3ccccc3OC(C)C)C2=O)c1. The molecule has 6 nitrogen and oxygen atoms in total. The summed E-state index contributed by atoms with van der Waals surface area (Å²) in [6, 6.07) is 22.0. The van der Waals surface area contributed by atoms with E-state index in [1.165, 1.54) is 4.90 Å². The summed E-state index contributed by atoms with van der Waals surface area (Å²) in [6.07, 6.45) is -0.114. The van der Waals surface area contributed by atoms with Crippen molar-refractivity contribution in [1.29, 1.82) is 0 Å². The zero-order chi connectivity index (χ0) is 24.2. The molecular weight excluding hydrogens is 428 g/mol. The zero-order valence-corrected chi connectivity index (χ0v) is 19.8. The molecule has 0 bridgehead atoms. The van der Waals surface area contributed by atoms with Crippen LogP contribution < -0.4 is 19.7 Å². The van der Waals surface area contributed by atoms with Crippen LogP contribution in [0.4, 0.5) is 11.4 Å². The Balaban J connectivity index is 1.80. The molecule has 1 N–H and O–H groups in total. The molecule has 0 spiro atoms. The Morgan fingerprint density at radius 3 is 2.35 bits per heavy atom. The maximum Gasteiger partial charge on any atom is 0.282 e. The van der Waals surface area contributed by atoms with E-state index >= 15 is 0 Å². The number of nitrogens with one attached hydrogen (secondary N) is 1. The summed E-state index contributed by atoms with van der Waals surface area (Å²) < 4.78 is 11.5. The second-order valence-electron chi connectivity index (χ2n) is 8.28. The molecule has 0 fully saturated rings. The fraction of sp³-hybridized carbons (Fsp3) is 0.214. The first-order chi connectivity index (χ1) is 16.4. The van der Waals surface area contributed by atoms with Crippen molar-refractivity contribution in [3.05, 3.63) is 89.6 Å². The van der Waals surface area contributed by atoms with Gasteiger partial charge in [-0.15, -0.1) is 0 Å². The second-order valence-corrected chi connectivity index (χ2v) is 8.28. The van der Waals surface area contributed by atoms with E-state index in [2.05, 4.69) is 5.32 Å². The monoisotopic (exact) mass is 456 g/mol. The average Bonchev–Trinajstić information content (AvgIpc) is 3.04. The maximum atomic E-state index is 13.7. The fourth-order valence-corrected chi connectivity index (χ4v) is 3.82. The molecule has 34 heavy (non-hydrogen) atoms. The predicted molar refractivity (Wildman–Crippen MR) is 134 cm³/mol. The number of aryl methyl sites for hydroxylation is 1. The van der Waals surface area contributed by atoms with Crippen LogP contribution in [0.3, 0.4) is 0 Å². The highest BCUT2D eigenvalue weighted by molar-refractivity contribution is 6.46. The minimum Gasteiger partial charge on any atom is -0.494 e. The molecule has 6 heteroatoms. The van der Waals surface area contributed by atoms with Crippen molar-refractivity contribution in [2.75, 3.05) is 16.8 Å². The highest BCUT2D eigenvalue weighted by Gasteiger charge is 2.41. The molecule has 4 rings (SSSR count). The van der Waals surface area contributed by atoms with E-state index in [4.69, 9.17) is 9.47 Å². The lowest BCUT2D eigenvalue weighted by Gasteiger charge is -2.20. The topological polar surface area (TPSA) is 67.9 Å². The van der Waals surface area contributed by atoms with Crippen LogP contribution in [0.15, 0.2) is 78.5 Å². The average molecular weight is 457 g/mol. The van der Waals surface area contributed by atoms with Gasteiger partial charge in [-0.25, -0.2) is 4.90 Å². The summed E-state index contributed by atoms with van der Waals surface area (Å²) in [5.74, 6) is 0.302. The number of carbonyl (C=O) groups excluding carboxylic acids is 2. The Hall–Kier alpha value is -4.06. The van der Waals surface area contributed by atoms with Crippen LogP contribution in [0.25, 0.3) is 5.57 Å². The molecule has 3 aromatic carbocycles. The third kappa shape index (κ3) is 4.66. The van der Waals surface area contributed by atoms with Crippen molar-refractivity contribution in [1.82, 2.24) is 0 Å². The molecule has 1 aliphatic heterocycles. The highest BCUT2D eigenvalue weighted by atomic mass is 16.5. The number of hydrogen-bond donors (Lipinski definition) is 1. The van der Waals surface area contributed by atoms with Crippen molar-refractivity contribution < 1.29 is 19.1 Å². The number of nitrogens with zero attached hydrogens (tertiary/aromatic N) is 1. The van der Waals surface area contributed by atoms with Gasteiger partial charge in [-0.3, -0.25) is 9.59 Å². The molecule has 0 aliphatic carbocycles. The number of para-hydroxylation sites is 2. The van der Waals surface area contributed by atoms with E-state index in [1.807, 2.05) is 76.2 Å². The molecule has 0 aromatic heterocycles. The molecule has 0 saturated heterocycles. The second kappa shape index (κ2) is 9.83. The van der Waals surface area contributed by atoms with E-state index in [0.29, 0.717) is 40.6 Å². The van der Waals surface area contributed by atoms with Crippen molar-refractivity contribution in [2.24, 2.45) is 0 Å². The maximum absolute atomic E-state index is 13.7. The van der Waals surface area contributed by atoms with Gasteiger partial charge < -0.3 is 14.8 Å². The molecular formula is C28H28N2O4. The normalized spacial score (nSPS) is 13.6. The van der Waals surface area contributed by atoms with Crippen LogP contribution in [0.2, 0.25) is 0 Å². The quantitative estimate of drug-likeness (QED) is 0.449.